The minimum atomic E-state index is -0.0588. The second kappa shape index (κ2) is 8.17. The highest BCUT2D eigenvalue weighted by Crippen LogP contribution is 2.27. The summed E-state index contributed by atoms with van der Waals surface area (Å²) in [6.07, 6.45) is 4.23. The Morgan fingerprint density at radius 2 is 1.86 bits per heavy atom. The van der Waals surface area contributed by atoms with E-state index in [1.807, 2.05) is 57.4 Å². The molecule has 0 radical (unpaired) electrons. The van der Waals surface area contributed by atoms with Crippen molar-refractivity contribution in [3.8, 4) is 11.1 Å². The third-order valence-corrected chi connectivity index (χ3v) is 4.73. The fourth-order valence-electron chi connectivity index (χ4n) is 3.12. The summed E-state index contributed by atoms with van der Waals surface area (Å²) < 4.78 is 1.68. The summed E-state index contributed by atoms with van der Waals surface area (Å²) in [6, 6.07) is 11.4. The lowest BCUT2D eigenvalue weighted by Crippen LogP contribution is -2.25. The highest BCUT2D eigenvalue weighted by atomic mass is 16.2. The summed E-state index contributed by atoms with van der Waals surface area (Å²) in [6.45, 7) is 3.83. The maximum Gasteiger partial charge on any atom is 0.226 e. The number of carbonyl (C=O) groups excluding carboxylic acids is 2. The quantitative estimate of drug-likeness (QED) is 0.617. The number of hydrogen-bond acceptors (Lipinski definition) is 4. The molecule has 0 saturated carbocycles. The number of ketones is 1. The molecule has 0 saturated heterocycles. The van der Waals surface area contributed by atoms with Gasteiger partial charge in [0.25, 0.3) is 0 Å². The van der Waals surface area contributed by atoms with Crippen molar-refractivity contribution in [2.24, 2.45) is 7.05 Å². The first-order valence-electron chi connectivity index (χ1n) is 9.24. The van der Waals surface area contributed by atoms with Crippen LogP contribution in [0.3, 0.4) is 0 Å². The maximum atomic E-state index is 12.4. The first-order valence-corrected chi connectivity index (χ1v) is 9.24. The van der Waals surface area contributed by atoms with E-state index in [1.54, 1.807) is 28.9 Å². The van der Waals surface area contributed by atoms with Gasteiger partial charge >= 0.3 is 0 Å². The van der Waals surface area contributed by atoms with Gasteiger partial charge in [-0.05, 0) is 42.3 Å². The molecule has 2 heterocycles. The molecule has 28 heavy (non-hydrogen) atoms. The first-order chi connectivity index (χ1) is 13.4. The monoisotopic (exact) mass is 376 g/mol. The number of hydrogen-bond donors (Lipinski definition) is 0. The number of benzene rings is 1. The number of nitrogens with zero attached hydrogens (tertiary/aromatic N) is 4. The van der Waals surface area contributed by atoms with Crippen molar-refractivity contribution in [2.75, 3.05) is 11.9 Å². The average Bonchev–Trinajstić information content (AvgIpc) is 3.11. The largest absolute Gasteiger partial charge is 0.315 e. The second-order valence-corrected chi connectivity index (χ2v) is 6.82. The zero-order chi connectivity index (χ0) is 20.3. The summed E-state index contributed by atoms with van der Waals surface area (Å²) >= 11 is 0. The Labute approximate surface area is 164 Å². The van der Waals surface area contributed by atoms with Gasteiger partial charge in [-0.15, -0.1) is 0 Å². The highest BCUT2D eigenvalue weighted by molar-refractivity contribution is 5.96. The lowest BCUT2D eigenvalue weighted by Gasteiger charge is -2.19. The van der Waals surface area contributed by atoms with Gasteiger partial charge in [-0.25, -0.2) is 0 Å². The van der Waals surface area contributed by atoms with Crippen LogP contribution in [0, 0.1) is 6.92 Å². The molecule has 6 nitrogen and oxygen atoms in total. The van der Waals surface area contributed by atoms with Crippen LogP contribution in [0.15, 0.2) is 48.8 Å². The van der Waals surface area contributed by atoms with Gasteiger partial charge in [0, 0.05) is 44.2 Å². The molecule has 2 aromatic heterocycles. The van der Waals surface area contributed by atoms with E-state index < -0.39 is 0 Å². The van der Waals surface area contributed by atoms with Crippen molar-refractivity contribution < 1.29 is 9.59 Å². The molecule has 0 atom stereocenters. The third kappa shape index (κ3) is 4.17. The fraction of sp³-hybridized carbons (Fsp3) is 0.273. The van der Waals surface area contributed by atoms with Crippen molar-refractivity contribution in [1.82, 2.24) is 14.8 Å². The number of anilines is 1. The van der Waals surface area contributed by atoms with Gasteiger partial charge in [-0.2, -0.15) is 5.10 Å². The van der Waals surface area contributed by atoms with Crippen LogP contribution in [0.4, 0.5) is 5.69 Å². The zero-order valence-corrected chi connectivity index (χ0v) is 16.6. The van der Waals surface area contributed by atoms with Crippen LogP contribution in [-0.2, 0) is 18.3 Å². The van der Waals surface area contributed by atoms with E-state index in [4.69, 9.17) is 0 Å². The van der Waals surface area contributed by atoms with Crippen LogP contribution in [0.25, 0.3) is 11.1 Å². The van der Waals surface area contributed by atoms with E-state index in [2.05, 4.69) is 10.1 Å². The first kappa shape index (κ1) is 19.5. The maximum absolute atomic E-state index is 12.4. The predicted molar refractivity (Wildman–Crippen MR) is 109 cm³/mol. The zero-order valence-electron chi connectivity index (χ0n) is 16.6. The molecule has 6 heteroatoms. The number of pyridine rings is 1. The highest BCUT2D eigenvalue weighted by Gasteiger charge is 2.13. The number of Topliss-reactive ketones (excluding diaryl/α,β-unsaturated/α-hetero) is 1. The Morgan fingerprint density at radius 3 is 2.43 bits per heavy atom. The van der Waals surface area contributed by atoms with E-state index in [0.717, 1.165) is 28.1 Å². The predicted octanol–water partition coefficient (Wildman–Crippen LogP) is 3.59. The van der Waals surface area contributed by atoms with Gasteiger partial charge in [0.2, 0.25) is 5.91 Å². The SMILES string of the molecule is CCC(=O)N(C)c1ccc(-c2ccc(C(=O)Cc3ccn(C)n3)nc2)cc1C. The minimum absolute atomic E-state index is 0.0588. The molecular weight excluding hydrogens is 352 g/mol. The van der Waals surface area contributed by atoms with Gasteiger partial charge in [-0.3, -0.25) is 19.3 Å². The Balaban J connectivity index is 1.77. The molecule has 0 fully saturated rings. The normalized spacial score (nSPS) is 10.7. The molecule has 0 N–H and O–H groups in total. The molecule has 1 amide bonds. The van der Waals surface area contributed by atoms with Crippen molar-refractivity contribution in [1.29, 1.82) is 0 Å². The van der Waals surface area contributed by atoms with Crippen LogP contribution in [0.1, 0.15) is 35.1 Å². The van der Waals surface area contributed by atoms with E-state index in [-0.39, 0.29) is 18.1 Å². The smallest absolute Gasteiger partial charge is 0.226 e. The van der Waals surface area contributed by atoms with E-state index in [1.165, 1.54) is 0 Å². The fourth-order valence-corrected chi connectivity index (χ4v) is 3.12. The van der Waals surface area contributed by atoms with Gasteiger partial charge < -0.3 is 4.90 Å². The summed E-state index contributed by atoms with van der Waals surface area (Å²) in [5, 5.41) is 4.23. The lowest BCUT2D eigenvalue weighted by atomic mass is 10.0. The molecule has 1 aromatic carbocycles. The number of aryl methyl sites for hydroxylation is 2. The standard InChI is InChI=1S/C22H24N4O2/c1-5-22(28)26(4)20-9-7-16(12-15(20)2)17-6-8-19(23-14-17)21(27)13-18-10-11-25(3)24-18/h6-12,14H,5,13H2,1-4H3. The van der Waals surface area contributed by atoms with E-state index >= 15 is 0 Å². The van der Waals surface area contributed by atoms with E-state index in [9.17, 15) is 9.59 Å². The van der Waals surface area contributed by atoms with Crippen LogP contribution in [0.5, 0.6) is 0 Å². The molecule has 0 aliphatic rings. The average molecular weight is 376 g/mol. The molecular formula is C22H24N4O2. The molecule has 0 aliphatic heterocycles. The summed E-state index contributed by atoms with van der Waals surface area (Å²) in [4.78, 5) is 30.3. The van der Waals surface area contributed by atoms with Crippen LogP contribution >= 0.6 is 0 Å². The van der Waals surface area contributed by atoms with Gasteiger partial charge in [0.15, 0.2) is 5.78 Å². The summed E-state index contributed by atoms with van der Waals surface area (Å²) in [5.74, 6) is 0.0183. The van der Waals surface area contributed by atoms with Crippen molar-refractivity contribution >= 4 is 17.4 Å². The van der Waals surface area contributed by atoms with Gasteiger partial charge in [0.05, 0.1) is 12.1 Å². The van der Waals surface area contributed by atoms with Crippen molar-refractivity contribution in [3.63, 3.8) is 0 Å². The van der Waals surface area contributed by atoms with Gasteiger partial charge in [-0.1, -0.05) is 19.1 Å². The molecule has 144 valence electrons. The molecule has 0 aliphatic carbocycles. The number of rotatable bonds is 6. The Morgan fingerprint density at radius 1 is 1.11 bits per heavy atom. The molecule has 3 aromatic rings. The van der Waals surface area contributed by atoms with E-state index in [0.29, 0.717) is 12.1 Å². The third-order valence-electron chi connectivity index (χ3n) is 4.73. The molecule has 0 spiro atoms. The van der Waals surface area contributed by atoms with Crippen molar-refractivity contribution in [3.05, 3.63) is 65.7 Å². The number of amides is 1. The number of carbonyl (C=O) groups is 2. The van der Waals surface area contributed by atoms with Crippen LogP contribution in [0.2, 0.25) is 0 Å². The summed E-state index contributed by atoms with van der Waals surface area (Å²) in [7, 11) is 3.61. The Kier molecular flexibility index (Phi) is 5.68. The Bertz CT molecular complexity index is 1010. The topological polar surface area (TPSA) is 68.1 Å². The van der Waals surface area contributed by atoms with Crippen LogP contribution in [-0.4, -0.2) is 33.5 Å². The Hall–Kier alpha value is -3.28. The van der Waals surface area contributed by atoms with Crippen LogP contribution < -0.4 is 4.90 Å². The molecule has 0 bridgehead atoms. The number of aromatic nitrogens is 3. The van der Waals surface area contributed by atoms with Gasteiger partial charge in [0.1, 0.15) is 5.69 Å². The second-order valence-electron chi connectivity index (χ2n) is 6.82. The van der Waals surface area contributed by atoms with Crippen molar-refractivity contribution in [2.45, 2.75) is 26.7 Å². The molecule has 3 rings (SSSR count). The molecule has 0 unspecified atom stereocenters. The minimum Gasteiger partial charge on any atom is -0.315 e. The lowest BCUT2D eigenvalue weighted by molar-refractivity contribution is -0.118. The summed E-state index contributed by atoms with van der Waals surface area (Å²) in [5.41, 5.74) is 4.98.